The van der Waals surface area contributed by atoms with Gasteiger partial charge in [-0.1, -0.05) is 0 Å². The Labute approximate surface area is 205 Å². The third-order valence-electron chi connectivity index (χ3n) is 4.42. The number of methoxy groups -OCH3 is 2. The molecule has 2 rings (SSSR count). The molecule has 192 valence electrons. The summed E-state index contributed by atoms with van der Waals surface area (Å²) in [7, 11) is 2.59. The number of rotatable bonds is 10. The van der Waals surface area contributed by atoms with Crippen LogP contribution >= 0.6 is 23.5 Å². The zero-order chi connectivity index (χ0) is 25.8. The van der Waals surface area contributed by atoms with Crippen molar-refractivity contribution < 1.29 is 38.2 Å². The van der Waals surface area contributed by atoms with Gasteiger partial charge in [0.2, 0.25) is 0 Å². The number of nitrogens with one attached hydrogen (secondary N) is 6. The van der Waals surface area contributed by atoms with Crippen molar-refractivity contribution in [3.8, 4) is 0 Å². The molecule has 2 heterocycles. The number of hydrogen-bond donors (Lipinski definition) is 6. The van der Waals surface area contributed by atoms with E-state index in [1.807, 2.05) is 0 Å². The molecule has 0 aromatic heterocycles. The zero-order valence-corrected chi connectivity index (χ0v) is 21.0. The maximum atomic E-state index is 11.4. The number of hydrogen-bond acceptors (Lipinski definition) is 10. The van der Waals surface area contributed by atoms with Crippen molar-refractivity contribution in [2.24, 2.45) is 0 Å². The molecule has 6 N–H and O–H groups in total. The third kappa shape index (κ3) is 9.54. The largest absolute Gasteiger partial charge is 0.453 e. The van der Waals surface area contributed by atoms with Crippen molar-refractivity contribution in [3.05, 3.63) is 0 Å². The number of ether oxygens (including phenoxy) is 2. The van der Waals surface area contributed by atoms with Crippen molar-refractivity contribution in [2.45, 2.75) is 24.9 Å². The van der Waals surface area contributed by atoms with Crippen LogP contribution in [0.1, 0.15) is 13.8 Å². The lowest BCUT2D eigenvalue weighted by atomic mass is 10.1. The van der Waals surface area contributed by atoms with Gasteiger partial charge in [-0.25, -0.2) is 19.2 Å². The van der Waals surface area contributed by atoms with Crippen LogP contribution in [0.2, 0.25) is 0 Å². The third-order valence-corrected chi connectivity index (χ3v) is 6.97. The molecule has 34 heavy (non-hydrogen) atoms. The lowest BCUT2D eigenvalue weighted by Gasteiger charge is -2.19. The van der Waals surface area contributed by atoms with E-state index in [1.165, 1.54) is 37.7 Å². The average Bonchev–Trinajstić information content (AvgIpc) is 3.19. The lowest BCUT2D eigenvalue weighted by Crippen LogP contribution is -2.46. The molecule has 0 aromatic rings. The minimum absolute atomic E-state index is 0.323. The monoisotopic (exact) mass is 522 g/mol. The van der Waals surface area contributed by atoms with Crippen LogP contribution < -0.4 is 31.9 Å². The molecule has 0 aromatic carbocycles. The minimum atomic E-state index is -0.868. The first-order valence-corrected chi connectivity index (χ1v) is 12.3. The van der Waals surface area contributed by atoms with E-state index < -0.39 is 35.3 Å². The van der Waals surface area contributed by atoms with Gasteiger partial charge in [-0.05, 0) is 13.8 Å². The van der Waals surface area contributed by atoms with E-state index in [0.29, 0.717) is 36.1 Å². The molecule has 0 unspecified atom stereocenters. The molecular weight excluding hydrogens is 492 g/mol. The number of carbonyl (C=O) groups is 6. The van der Waals surface area contributed by atoms with Gasteiger partial charge in [0.25, 0.3) is 11.8 Å². The second kappa shape index (κ2) is 13.7. The van der Waals surface area contributed by atoms with E-state index >= 15 is 0 Å². The standard InChI is InChI=1S/2C9H15N3O4S/c2*1-9(6(13)11-7(14)12-9)5-17-4-3-10-8(15)16-2/h2*3-5H2,1-2H3,(H,10,15)(H2,11,12,13,14)/t2*9-/m10/s1. The van der Waals surface area contributed by atoms with Gasteiger partial charge >= 0.3 is 24.2 Å². The number of amides is 8. The van der Waals surface area contributed by atoms with Gasteiger partial charge in [-0.2, -0.15) is 23.5 Å². The minimum Gasteiger partial charge on any atom is -0.453 e. The highest BCUT2D eigenvalue weighted by Crippen LogP contribution is 2.17. The number of urea groups is 2. The average molecular weight is 523 g/mol. The Morgan fingerprint density at radius 1 is 0.765 bits per heavy atom. The summed E-state index contributed by atoms with van der Waals surface area (Å²) >= 11 is 2.92. The lowest BCUT2D eigenvalue weighted by molar-refractivity contribution is -0.123. The predicted octanol–water partition coefficient (Wildman–Crippen LogP) is -0.653. The fraction of sp³-hybridized carbons (Fsp3) is 0.667. The zero-order valence-electron chi connectivity index (χ0n) is 19.3. The first-order chi connectivity index (χ1) is 16.0. The summed E-state index contributed by atoms with van der Waals surface area (Å²) in [5.74, 6) is 1.52. The smallest absolute Gasteiger partial charge is 0.406 e. The van der Waals surface area contributed by atoms with Gasteiger partial charge in [-0.3, -0.25) is 20.2 Å². The van der Waals surface area contributed by atoms with E-state index in [1.54, 1.807) is 13.8 Å². The Bertz CT molecular complexity index is 736. The predicted molar refractivity (Wildman–Crippen MR) is 126 cm³/mol. The van der Waals surface area contributed by atoms with Crippen molar-refractivity contribution in [2.75, 3.05) is 50.3 Å². The van der Waals surface area contributed by atoms with E-state index in [0.717, 1.165) is 0 Å². The van der Waals surface area contributed by atoms with Gasteiger partial charge in [0.15, 0.2) is 0 Å². The fourth-order valence-electron chi connectivity index (χ4n) is 2.51. The fourth-order valence-corrected chi connectivity index (χ4v) is 4.51. The van der Waals surface area contributed by atoms with Crippen molar-refractivity contribution in [1.82, 2.24) is 31.9 Å². The first-order valence-electron chi connectivity index (χ1n) is 10.0. The summed E-state index contributed by atoms with van der Waals surface area (Å²) < 4.78 is 8.80. The summed E-state index contributed by atoms with van der Waals surface area (Å²) in [6, 6.07) is -0.934. The quantitative estimate of drug-likeness (QED) is 0.159. The van der Waals surface area contributed by atoms with E-state index in [2.05, 4.69) is 41.4 Å². The molecule has 0 bridgehead atoms. The van der Waals surface area contributed by atoms with E-state index in [9.17, 15) is 28.8 Å². The van der Waals surface area contributed by atoms with E-state index in [-0.39, 0.29) is 11.8 Å². The molecule has 14 nitrogen and oxygen atoms in total. The molecule has 0 radical (unpaired) electrons. The molecule has 0 spiro atoms. The molecule has 2 aliphatic rings. The molecule has 0 saturated carbocycles. The maximum absolute atomic E-state index is 11.4. The van der Waals surface area contributed by atoms with Crippen molar-refractivity contribution in [1.29, 1.82) is 0 Å². The summed E-state index contributed by atoms with van der Waals surface area (Å²) in [5.41, 5.74) is -1.74. The highest BCUT2D eigenvalue weighted by molar-refractivity contribution is 7.99. The van der Waals surface area contributed by atoms with Crippen LogP contribution in [0.15, 0.2) is 0 Å². The van der Waals surface area contributed by atoms with Gasteiger partial charge in [-0.15, -0.1) is 0 Å². The molecule has 2 fully saturated rings. The topological polar surface area (TPSA) is 193 Å². The van der Waals surface area contributed by atoms with Crippen LogP contribution in [0.3, 0.4) is 0 Å². The molecule has 2 saturated heterocycles. The van der Waals surface area contributed by atoms with Gasteiger partial charge in [0, 0.05) is 36.1 Å². The normalized spacial score (nSPS) is 22.9. The number of alkyl carbamates (subject to hydrolysis) is 2. The Morgan fingerprint density at radius 3 is 1.38 bits per heavy atom. The molecule has 0 aliphatic carbocycles. The Kier molecular flexibility index (Phi) is 11.8. The Hall–Kier alpha value is -2.88. The van der Waals surface area contributed by atoms with Crippen molar-refractivity contribution >= 4 is 59.6 Å². The summed E-state index contributed by atoms with van der Waals surface area (Å²) in [6.45, 7) is 4.22. The number of thioether (sulfide) groups is 2. The van der Waals surface area contributed by atoms with Crippen molar-refractivity contribution in [3.63, 3.8) is 0 Å². The first kappa shape index (κ1) is 29.2. The molecule has 8 amide bonds. The van der Waals surface area contributed by atoms with Gasteiger partial charge in [0.05, 0.1) is 14.2 Å². The van der Waals surface area contributed by atoms with Crippen LogP contribution in [-0.4, -0.2) is 97.5 Å². The maximum Gasteiger partial charge on any atom is 0.406 e. The highest BCUT2D eigenvalue weighted by Gasteiger charge is 2.42. The van der Waals surface area contributed by atoms with Gasteiger partial charge < -0.3 is 30.7 Å². The van der Waals surface area contributed by atoms with Crippen LogP contribution in [-0.2, 0) is 19.1 Å². The Balaban J connectivity index is 0.000000340. The number of carbonyl (C=O) groups excluding carboxylic acids is 6. The molecular formula is C18H30N6O8S2. The summed E-state index contributed by atoms with van der Waals surface area (Å²) in [6.07, 6.45) is -0.965. The Morgan fingerprint density at radius 2 is 1.12 bits per heavy atom. The second-order valence-corrected chi connectivity index (χ2v) is 9.63. The van der Waals surface area contributed by atoms with Crippen LogP contribution in [0.4, 0.5) is 19.2 Å². The van der Waals surface area contributed by atoms with Gasteiger partial charge in [0.1, 0.15) is 11.1 Å². The van der Waals surface area contributed by atoms with E-state index in [4.69, 9.17) is 0 Å². The summed E-state index contributed by atoms with van der Waals surface area (Å²) in [4.78, 5) is 66.2. The molecule has 16 heteroatoms. The molecule has 2 atom stereocenters. The number of imide groups is 2. The van der Waals surface area contributed by atoms with Crippen LogP contribution in [0.5, 0.6) is 0 Å². The summed E-state index contributed by atoms with van der Waals surface area (Å²) in [5, 5.41) is 14.5. The second-order valence-electron chi connectivity index (χ2n) is 7.42. The highest BCUT2D eigenvalue weighted by atomic mass is 32.2. The van der Waals surface area contributed by atoms with Crippen LogP contribution in [0, 0.1) is 0 Å². The SMILES string of the molecule is COC(=O)NCCSC[C@@]1(C)NC(=O)NC1=O.COC(=O)NCCSC[C@]1(C)NC(=O)NC1=O. The van der Waals surface area contributed by atoms with Crippen LogP contribution in [0.25, 0.3) is 0 Å². The molecule has 2 aliphatic heterocycles.